The predicted octanol–water partition coefficient (Wildman–Crippen LogP) is 1.88. The molecule has 232 valence electrons. The molecule has 0 aromatic heterocycles. The summed E-state index contributed by atoms with van der Waals surface area (Å²) in [6.45, 7) is 0.753. The van der Waals surface area contributed by atoms with Crippen molar-refractivity contribution in [2.75, 3.05) is 13.2 Å². The number of hydrogen-bond acceptors (Lipinski definition) is 12. The predicted molar refractivity (Wildman–Crippen MR) is 142 cm³/mol. The lowest BCUT2D eigenvalue weighted by atomic mass is 9.99. The fourth-order valence-electron chi connectivity index (χ4n) is 4.81. The molecule has 12 nitrogen and oxygen atoms in total. The zero-order valence-corrected chi connectivity index (χ0v) is 23.5. The van der Waals surface area contributed by atoms with Crippen LogP contribution < -0.4 is 0 Å². The average molecular weight is 577 g/mol. The lowest BCUT2D eigenvalue weighted by Crippen LogP contribution is -2.59. The fourth-order valence-corrected chi connectivity index (χ4v) is 4.81. The Hall–Kier alpha value is -1.96. The average Bonchev–Trinajstić information content (AvgIpc) is 3.22. The highest BCUT2D eigenvalue weighted by atomic mass is 16.7. The minimum absolute atomic E-state index is 0.105. The highest BCUT2D eigenvalue weighted by molar-refractivity contribution is 5.89. The van der Waals surface area contributed by atoms with Gasteiger partial charge in [0.2, 0.25) is 18.2 Å². The van der Waals surface area contributed by atoms with E-state index in [2.05, 4.69) is 6.92 Å². The summed E-state index contributed by atoms with van der Waals surface area (Å²) in [4.78, 5) is 24.6. The molecule has 7 atom stereocenters. The van der Waals surface area contributed by atoms with Crippen molar-refractivity contribution in [2.24, 2.45) is 0 Å². The molecule has 2 rings (SSSR count). The maximum atomic E-state index is 12.3. The van der Waals surface area contributed by atoms with E-state index >= 15 is 0 Å². The van der Waals surface area contributed by atoms with E-state index in [0.717, 1.165) is 19.3 Å². The SMILES string of the molecule is CCCCCCCCCCCCCCCC(=O)O[C@@H](CO)[C@H]1OC(=O)C(O[C@H]2O[C@H](CO)[C@@H](O)[C@H](O)[C@H]2O)=C1O. The van der Waals surface area contributed by atoms with Crippen LogP contribution >= 0.6 is 0 Å². The Balaban J connectivity index is 1.71. The Morgan fingerprint density at radius 1 is 0.850 bits per heavy atom. The van der Waals surface area contributed by atoms with Gasteiger partial charge in [0, 0.05) is 6.42 Å². The van der Waals surface area contributed by atoms with Crippen molar-refractivity contribution in [1.82, 2.24) is 0 Å². The molecule has 0 aromatic rings. The van der Waals surface area contributed by atoms with Crippen molar-refractivity contribution in [1.29, 1.82) is 0 Å². The van der Waals surface area contributed by atoms with E-state index < -0.39 is 79.6 Å². The number of hydrogen-bond donors (Lipinski definition) is 6. The van der Waals surface area contributed by atoms with Gasteiger partial charge < -0.3 is 49.6 Å². The summed E-state index contributed by atoms with van der Waals surface area (Å²) in [6, 6.07) is 0. The molecule has 1 fully saturated rings. The summed E-state index contributed by atoms with van der Waals surface area (Å²) < 4.78 is 20.6. The summed E-state index contributed by atoms with van der Waals surface area (Å²) in [6.07, 6.45) is 4.04. The van der Waals surface area contributed by atoms with E-state index in [4.69, 9.17) is 18.9 Å². The van der Waals surface area contributed by atoms with Crippen LogP contribution in [0.1, 0.15) is 96.8 Å². The molecule has 2 heterocycles. The zero-order valence-electron chi connectivity index (χ0n) is 23.5. The van der Waals surface area contributed by atoms with Crippen molar-refractivity contribution < 1.29 is 59.2 Å². The normalized spacial score (nSPS) is 27.5. The number of carbonyl (C=O) groups is 2. The molecule has 2 aliphatic rings. The monoisotopic (exact) mass is 576 g/mol. The summed E-state index contributed by atoms with van der Waals surface area (Å²) in [5.74, 6) is -3.37. The Bertz CT molecular complexity index is 785. The molecule has 0 aliphatic carbocycles. The molecule has 0 aromatic carbocycles. The van der Waals surface area contributed by atoms with Gasteiger partial charge in [-0.3, -0.25) is 4.79 Å². The van der Waals surface area contributed by atoms with E-state index in [-0.39, 0.29) is 6.42 Å². The van der Waals surface area contributed by atoms with E-state index in [9.17, 15) is 40.2 Å². The van der Waals surface area contributed by atoms with Gasteiger partial charge in [-0.25, -0.2) is 4.79 Å². The second-order valence-electron chi connectivity index (χ2n) is 10.6. The van der Waals surface area contributed by atoms with Gasteiger partial charge in [0.05, 0.1) is 13.2 Å². The van der Waals surface area contributed by atoms with Crippen molar-refractivity contribution in [3.05, 3.63) is 11.5 Å². The summed E-state index contributed by atoms with van der Waals surface area (Å²) in [5, 5.41) is 59.3. The number of esters is 2. The third-order valence-corrected chi connectivity index (χ3v) is 7.29. The molecule has 0 saturated carbocycles. The maximum Gasteiger partial charge on any atom is 0.378 e. The van der Waals surface area contributed by atoms with Crippen LogP contribution in [0.5, 0.6) is 0 Å². The number of aliphatic hydroxyl groups excluding tert-OH is 6. The van der Waals surface area contributed by atoms with Crippen LogP contribution in [0.15, 0.2) is 11.5 Å². The lowest BCUT2D eigenvalue weighted by molar-refractivity contribution is -0.291. The number of ether oxygens (including phenoxy) is 4. The van der Waals surface area contributed by atoms with Crippen LogP contribution in [0.4, 0.5) is 0 Å². The number of rotatable bonds is 20. The molecule has 0 unspecified atom stereocenters. The molecular formula is C28H48O12. The van der Waals surface area contributed by atoms with Gasteiger partial charge in [-0.05, 0) is 6.42 Å². The first kappa shape index (κ1) is 34.2. The molecule has 1 saturated heterocycles. The zero-order chi connectivity index (χ0) is 29.5. The first-order valence-corrected chi connectivity index (χ1v) is 14.7. The summed E-state index contributed by atoms with van der Waals surface area (Å²) >= 11 is 0. The van der Waals surface area contributed by atoms with Crippen LogP contribution in [0.3, 0.4) is 0 Å². The molecule has 12 heteroatoms. The van der Waals surface area contributed by atoms with Gasteiger partial charge in [0.25, 0.3) is 0 Å². The van der Waals surface area contributed by atoms with Gasteiger partial charge >= 0.3 is 11.9 Å². The van der Waals surface area contributed by atoms with Crippen LogP contribution in [-0.2, 0) is 28.5 Å². The number of cyclic esters (lactones) is 1. The molecule has 0 bridgehead atoms. The second kappa shape index (κ2) is 18.5. The van der Waals surface area contributed by atoms with Gasteiger partial charge in [0.1, 0.15) is 24.4 Å². The van der Waals surface area contributed by atoms with Crippen molar-refractivity contribution in [3.8, 4) is 0 Å². The summed E-state index contributed by atoms with van der Waals surface area (Å²) in [5.41, 5.74) is 0. The first-order valence-electron chi connectivity index (χ1n) is 14.7. The molecule has 0 amide bonds. The number of carbonyl (C=O) groups excluding carboxylic acids is 2. The third-order valence-electron chi connectivity index (χ3n) is 7.29. The van der Waals surface area contributed by atoms with E-state index in [1.54, 1.807) is 0 Å². The Morgan fingerprint density at radius 3 is 1.93 bits per heavy atom. The van der Waals surface area contributed by atoms with Crippen LogP contribution in [-0.4, -0.2) is 98.7 Å². The van der Waals surface area contributed by atoms with E-state index in [1.807, 2.05) is 0 Å². The molecule has 0 spiro atoms. The number of aliphatic hydroxyl groups is 6. The van der Waals surface area contributed by atoms with E-state index in [0.29, 0.717) is 6.42 Å². The molecular weight excluding hydrogens is 528 g/mol. The Morgan fingerprint density at radius 2 is 1.40 bits per heavy atom. The Kier molecular flexibility index (Phi) is 15.8. The first-order chi connectivity index (χ1) is 19.2. The fraction of sp³-hybridized carbons (Fsp3) is 0.857. The van der Waals surface area contributed by atoms with Gasteiger partial charge in [-0.15, -0.1) is 0 Å². The molecule has 0 radical (unpaired) electrons. The second-order valence-corrected chi connectivity index (χ2v) is 10.6. The quantitative estimate of drug-likeness (QED) is 0.0912. The van der Waals surface area contributed by atoms with Crippen LogP contribution in [0.2, 0.25) is 0 Å². The highest BCUT2D eigenvalue weighted by Crippen LogP contribution is 2.30. The van der Waals surface area contributed by atoms with Gasteiger partial charge in [0.15, 0.2) is 11.9 Å². The van der Waals surface area contributed by atoms with Gasteiger partial charge in [-0.2, -0.15) is 0 Å². The minimum atomic E-state index is -1.82. The van der Waals surface area contributed by atoms with Crippen molar-refractivity contribution in [2.45, 2.75) is 140 Å². The van der Waals surface area contributed by atoms with Gasteiger partial charge in [-0.1, -0.05) is 84.0 Å². The highest BCUT2D eigenvalue weighted by Gasteiger charge is 2.48. The van der Waals surface area contributed by atoms with Crippen LogP contribution in [0, 0.1) is 0 Å². The summed E-state index contributed by atoms with van der Waals surface area (Å²) in [7, 11) is 0. The molecule has 6 N–H and O–H groups in total. The maximum absolute atomic E-state index is 12.3. The third kappa shape index (κ3) is 10.5. The van der Waals surface area contributed by atoms with Crippen molar-refractivity contribution in [3.63, 3.8) is 0 Å². The van der Waals surface area contributed by atoms with E-state index in [1.165, 1.54) is 57.8 Å². The standard InChI is InChI=1S/C28H48O12/c1-2-3-4-5-6-7-8-9-10-11-12-13-14-15-20(31)37-19(17-30)25-24(35)26(27(36)39-25)40-28-23(34)22(33)21(32)18(16-29)38-28/h18-19,21-23,25,28-30,32-35H,2-17H2,1H3/t18-,19+,21-,22+,23-,25-,28-/m1/s1. The Labute approximate surface area is 235 Å². The van der Waals surface area contributed by atoms with Crippen LogP contribution in [0.25, 0.3) is 0 Å². The number of unbranched alkanes of at least 4 members (excludes halogenated alkanes) is 12. The largest absolute Gasteiger partial charge is 0.505 e. The lowest BCUT2D eigenvalue weighted by Gasteiger charge is -2.39. The minimum Gasteiger partial charge on any atom is -0.505 e. The van der Waals surface area contributed by atoms with Crippen molar-refractivity contribution >= 4 is 11.9 Å². The molecule has 2 aliphatic heterocycles. The molecule has 40 heavy (non-hydrogen) atoms. The smallest absolute Gasteiger partial charge is 0.378 e. The topological polar surface area (TPSA) is 192 Å².